The third-order valence-corrected chi connectivity index (χ3v) is 4.73. The van der Waals surface area contributed by atoms with Crippen LogP contribution in [0.5, 0.6) is 0 Å². The molecule has 3 heteroatoms. The number of nitrogens with zero attached hydrogens (tertiary/aromatic N) is 2. The van der Waals surface area contributed by atoms with Gasteiger partial charge in [0.1, 0.15) is 0 Å². The Kier molecular flexibility index (Phi) is 4.05. The van der Waals surface area contributed by atoms with Gasteiger partial charge in [-0.2, -0.15) is 0 Å². The first-order valence-electron chi connectivity index (χ1n) is 7.90. The van der Waals surface area contributed by atoms with E-state index in [4.69, 9.17) is 5.73 Å². The van der Waals surface area contributed by atoms with E-state index in [0.717, 1.165) is 13.0 Å². The first-order valence-corrected chi connectivity index (χ1v) is 7.90. The van der Waals surface area contributed by atoms with Crippen molar-refractivity contribution in [3.8, 4) is 0 Å². The van der Waals surface area contributed by atoms with E-state index >= 15 is 0 Å². The topological polar surface area (TPSA) is 41.6 Å². The van der Waals surface area contributed by atoms with Gasteiger partial charge >= 0.3 is 0 Å². The zero-order chi connectivity index (χ0) is 15.8. The van der Waals surface area contributed by atoms with Crippen molar-refractivity contribution in [2.24, 2.45) is 10.7 Å². The second kappa shape index (κ2) is 5.36. The van der Waals surface area contributed by atoms with Crippen molar-refractivity contribution < 1.29 is 0 Å². The molecule has 2 unspecified atom stereocenters. The Balaban J connectivity index is 2.36. The average Bonchev–Trinajstić information content (AvgIpc) is 2.74. The van der Waals surface area contributed by atoms with E-state index in [1.807, 2.05) is 0 Å². The number of guanidine groups is 1. The van der Waals surface area contributed by atoms with Gasteiger partial charge in [0.25, 0.3) is 0 Å². The van der Waals surface area contributed by atoms with Crippen molar-refractivity contribution in [1.82, 2.24) is 4.90 Å². The van der Waals surface area contributed by atoms with Crippen molar-refractivity contribution in [3.63, 3.8) is 0 Å². The van der Waals surface area contributed by atoms with Crippen molar-refractivity contribution in [3.05, 3.63) is 35.4 Å². The van der Waals surface area contributed by atoms with Gasteiger partial charge in [-0.1, -0.05) is 52.0 Å². The first kappa shape index (κ1) is 15.9. The van der Waals surface area contributed by atoms with Gasteiger partial charge in [0.05, 0.1) is 12.1 Å². The predicted molar refractivity (Wildman–Crippen MR) is 90.6 cm³/mol. The molecule has 2 rings (SSSR count). The van der Waals surface area contributed by atoms with Gasteiger partial charge in [0.15, 0.2) is 5.96 Å². The number of nitrogens with two attached hydrogens (primary N) is 1. The maximum atomic E-state index is 6.14. The van der Waals surface area contributed by atoms with Crippen LogP contribution in [0.4, 0.5) is 0 Å². The van der Waals surface area contributed by atoms with Crippen LogP contribution in [0, 0.1) is 0 Å². The summed E-state index contributed by atoms with van der Waals surface area (Å²) in [6.07, 6.45) is 1.06. The van der Waals surface area contributed by atoms with Crippen LogP contribution in [0.2, 0.25) is 0 Å². The minimum atomic E-state index is -0.129. The Morgan fingerprint density at radius 2 is 1.86 bits per heavy atom. The van der Waals surface area contributed by atoms with Crippen molar-refractivity contribution >= 4 is 5.96 Å². The molecular weight excluding hydrogens is 258 g/mol. The summed E-state index contributed by atoms with van der Waals surface area (Å²) in [5.41, 5.74) is 8.85. The van der Waals surface area contributed by atoms with Crippen LogP contribution in [0.1, 0.15) is 59.1 Å². The summed E-state index contributed by atoms with van der Waals surface area (Å²) in [4.78, 5) is 6.78. The molecule has 21 heavy (non-hydrogen) atoms. The minimum Gasteiger partial charge on any atom is -0.370 e. The second-order valence-corrected chi connectivity index (χ2v) is 7.40. The molecule has 0 aliphatic carbocycles. The average molecular weight is 287 g/mol. The van der Waals surface area contributed by atoms with Crippen molar-refractivity contribution in [2.45, 2.75) is 65.0 Å². The summed E-state index contributed by atoms with van der Waals surface area (Å²) in [6.45, 7) is 14.1. The summed E-state index contributed by atoms with van der Waals surface area (Å²) < 4.78 is 0. The normalized spacial score (nSPS) is 24.1. The molecule has 0 radical (unpaired) electrons. The highest BCUT2D eigenvalue weighted by Gasteiger charge is 2.41. The summed E-state index contributed by atoms with van der Waals surface area (Å²) in [5, 5.41) is 0. The maximum absolute atomic E-state index is 6.14. The molecule has 0 spiro atoms. The van der Waals surface area contributed by atoms with Gasteiger partial charge < -0.3 is 10.6 Å². The summed E-state index contributed by atoms with van der Waals surface area (Å²) in [6, 6.07) is 9.35. The van der Waals surface area contributed by atoms with E-state index in [0.29, 0.717) is 12.0 Å². The Morgan fingerprint density at radius 3 is 2.33 bits per heavy atom. The Bertz CT molecular complexity index is 524. The van der Waals surface area contributed by atoms with Crippen LogP contribution >= 0.6 is 0 Å². The lowest BCUT2D eigenvalue weighted by Crippen LogP contribution is -2.51. The van der Waals surface area contributed by atoms with Crippen LogP contribution < -0.4 is 5.73 Å². The highest BCUT2D eigenvalue weighted by Crippen LogP contribution is 2.36. The van der Waals surface area contributed by atoms with Gasteiger partial charge in [0.2, 0.25) is 0 Å². The van der Waals surface area contributed by atoms with E-state index in [9.17, 15) is 0 Å². The van der Waals surface area contributed by atoms with E-state index < -0.39 is 0 Å². The Morgan fingerprint density at radius 1 is 1.29 bits per heavy atom. The number of benzene rings is 1. The fourth-order valence-corrected chi connectivity index (χ4v) is 3.09. The molecule has 2 N–H and O–H groups in total. The van der Waals surface area contributed by atoms with Gasteiger partial charge in [-0.05, 0) is 36.8 Å². The van der Waals surface area contributed by atoms with E-state index in [2.05, 4.69) is 75.7 Å². The molecule has 0 saturated carbocycles. The number of hydrogen-bond donors (Lipinski definition) is 1. The van der Waals surface area contributed by atoms with Crippen LogP contribution in [0.25, 0.3) is 0 Å². The van der Waals surface area contributed by atoms with Gasteiger partial charge in [0, 0.05) is 6.04 Å². The summed E-state index contributed by atoms with van der Waals surface area (Å²) >= 11 is 0. The lowest BCUT2D eigenvalue weighted by atomic mass is 9.83. The molecule has 116 valence electrons. The van der Waals surface area contributed by atoms with Crippen molar-refractivity contribution in [1.29, 1.82) is 0 Å². The molecule has 1 aromatic carbocycles. The maximum Gasteiger partial charge on any atom is 0.192 e. The zero-order valence-electron chi connectivity index (χ0n) is 14.3. The quantitative estimate of drug-likeness (QED) is 0.922. The fraction of sp³-hybridized carbons (Fsp3) is 0.611. The Labute approximate surface area is 129 Å². The van der Waals surface area contributed by atoms with Crippen LogP contribution in [0.3, 0.4) is 0 Å². The smallest absolute Gasteiger partial charge is 0.192 e. The third-order valence-electron chi connectivity index (χ3n) is 4.73. The molecular formula is C18H29N3. The molecule has 0 bridgehead atoms. The van der Waals surface area contributed by atoms with Crippen molar-refractivity contribution in [2.75, 3.05) is 6.54 Å². The molecule has 0 saturated heterocycles. The van der Waals surface area contributed by atoms with Crippen LogP contribution in [0.15, 0.2) is 29.3 Å². The first-order chi connectivity index (χ1) is 9.70. The van der Waals surface area contributed by atoms with Gasteiger partial charge in [-0.3, -0.25) is 4.99 Å². The molecule has 1 aliphatic rings. The summed E-state index contributed by atoms with van der Waals surface area (Å²) in [7, 11) is 0. The molecule has 0 amide bonds. The molecule has 2 atom stereocenters. The number of rotatable bonds is 3. The number of hydrogen-bond acceptors (Lipinski definition) is 3. The molecule has 3 nitrogen and oxygen atoms in total. The van der Waals surface area contributed by atoms with E-state index in [-0.39, 0.29) is 11.0 Å². The van der Waals surface area contributed by atoms with E-state index in [1.165, 1.54) is 11.1 Å². The molecule has 1 aromatic rings. The van der Waals surface area contributed by atoms with Gasteiger partial charge in [-0.15, -0.1) is 0 Å². The minimum absolute atomic E-state index is 0.129. The largest absolute Gasteiger partial charge is 0.370 e. The van der Waals surface area contributed by atoms with Gasteiger partial charge in [-0.25, -0.2) is 0 Å². The second-order valence-electron chi connectivity index (χ2n) is 7.40. The fourth-order valence-electron chi connectivity index (χ4n) is 3.09. The molecule has 1 aliphatic heterocycles. The zero-order valence-corrected chi connectivity index (χ0v) is 14.3. The SMILES string of the molecule is CCC(C)N1C(N)=NCC1(C)c1ccc(C(C)(C)C)cc1. The highest BCUT2D eigenvalue weighted by atomic mass is 15.4. The monoisotopic (exact) mass is 287 g/mol. The highest BCUT2D eigenvalue weighted by molar-refractivity contribution is 5.81. The number of aliphatic imine (C=N–C) groups is 1. The standard InChI is InChI=1S/C18H29N3/c1-7-13(2)21-16(19)20-12-18(21,6)15-10-8-14(9-11-15)17(3,4)5/h8-11,13H,7,12H2,1-6H3,(H2,19,20). The Hall–Kier alpha value is -1.51. The summed E-state index contributed by atoms with van der Waals surface area (Å²) in [5.74, 6) is 0.673. The van der Waals surface area contributed by atoms with Crippen LogP contribution in [-0.4, -0.2) is 23.4 Å². The third kappa shape index (κ3) is 2.78. The van der Waals surface area contributed by atoms with E-state index in [1.54, 1.807) is 0 Å². The van der Waals surface area contributed by atoms with Crippen LogP contribution in [-0.2, 0) is 11.0 Å². The molecule has 0 fully saturated rings. The predicted octanol–water partition coefficient (Wildman–Crippen LogP) is 3.63. The lowest BCUT2D eigenvalue weighted by Gasteiger charge is -2.40. The lowest BCUT2D eigenvalue weighted by molar-refractivity contribution is 0.171. The molecule has 0 aromatic heterocycles. The molecule has 1 heterocycles.